The molecule has 1 saturated carbocycles. The number of aliphatic hydroxyl groups excluding tert-OH is 1. The maximum atomic E-state index is 9.88. The van der Waals surface area contributed by atoms with Gasteiger partial charge >= 0.3 is 0 Å². The van der Waals surface area contributed by atoms with Crippen LogP contribution in [0.2, 0.25) is 0 Å². The van der Waals surface area contributed by atoms with Gasteiger partial charge in [0.05, 0.1) is 6.10 Å². The van der Waals surface area contributed by atoms with Crippen molar-refractivity contribution in [3.8, 4) is 0 Å². The molecule has 15 heavy (non-hydrogen) atoms. The van der Waals surface area contributed by atoms with E-state index in [9.17, 15) is 5.11 Å². The summed E-state index contributed by atoms with van der Waals surface area (Å²) in [6, 6.07) is 0.882. The molecule has 1 unspecified atom stereocenters. The second-order valence-electron chi connectivity index (χ2n) is 4.99. The van der Waals surface area contributed by atoms with Crippen molar-refractivity contribution in [2.24, 2.45) is 5.92 Å². The second kappa shape index (κ2) is 6.49. The van der Waals surface area contributed by atoms with Crippen molar-refractivity contribution >= 4 is 0 Å². The average molecular weight is 213 g/mol. The highest BCUT2D eigenvalue weighted by atomic mass is 16.3. The van der Waals surface area contributed by atoms with Crippen molar-refractivity contribution in [3.05, 3.63) is 0 Å². The van der Waals surface area contributed by atoms with Crippen LogP contribution in [-0.2, 0) is 0 Å². The first-order valence-electron chi connectivity index (χ1n) is 6.63. The van der Waals surface area contributed by atoms with Gasteiger partial charge in [0.15, 0.2) is 0 Å². The van der Waals surface area contributed by atoms with Crippen LogP contribution in [0, 0.1) is 5.92 Å². The Hall–Kier alpha value is -0.0800. The fourth-order valence-corrected chi connectivity index (χ4v) is 2.78. The van der Waals surface area contributed by atoms with Crippen LogP contribution in [0.15, 0.2) is 0 Å². The second-order valence-corrected chi connectivity index (χ2v) is 4.99. The zero-order chi connectivity index (χ0) is 11.3. The maximum absolute atomic E-state index is 9.88. The molecule has 0 radical (unpaired) electrons. The van der Waals surface area contributed by atoms with Gasteiger partial charge in [-0.3, -0.25) is 0 Å². The quantitative estimate of drug-likeness (QED) is 0.736. The molecule has 3 atom stereocenters. The standard InChI is InChI=1S/C13H27NO/c1-4-11(5-2)10(3)14-12-8-6-7-9-13(12)15/h10-15H,4-9H2,1-3H3/t10?,12-,13-/m0/s1. The van der Waals surface area contributed by atoms with E-state index in [1.807, 2.05) is 0 Å². The van der Waals surface area contributed by atoms with Gasteiger partial charge in [0.2, 0.25) is 0 Å². The van der Waals surface area contributed by atoms with Crippen molar-refractivity contribution < 1.29 is 5.11 Å². The van der Waals surface area contributed by atoms with Crippen molar-refractivity contribution in [2.75, 3.05) is 0 Å². The third kappa shape index (κ3) is 3.76. The Kier molecular flexibility index (Phi) is 5.62. The number of rotatable bonds is 5. The van der Waals surface area contributed by atoms with Crippen LogP contribution in [0.1, 0.15) is 59.3 Å². The molecule has 2 nitrogen and oxygen atoms in total. The Labute approximate surface area is 94.5 Å². The Morgan fingerprint density at radius 3 is 2.33 bits per heavy atom. The van der Waals surface area contributed by atoms with Crippen LogP contribution in [0.5, 0.6) is 0 Å². The summed E-state index contributed by atoms with van der Waals surface area (Å²) >= 11 is 0. The smallest absolute Gasteiger partial charge is 0.0693 e. The fourth-order valence-electron chi connectivity index (χ4n) is 2.78. The largest absolute Gasteiger partial charge is 0.392 e. The van der Waals surface area contributed by atoms with E-state index in [0.29, 0.717) is 12.1 Å². The summed E-state index contributed by atoms with van der Waals surface area (Å²) < 4.78 is 0. The Balaban J connectivity index is 2.38. The minimum atomic E-state index is -0.115. The summed E-state index contributed by atoms with van der Waals surface area (Å²) in [5, 5.41) is 13.5. The average Bonchev–Trinajstić information content (AvgIpc) is 2.23. The van der Waals surface area contributed by atoms with Crippen molar-refractivity contribution in [2.45, 2.75) is 77.5 Å². The number of nitrogens with one attached hydrogen (secondary N) is 1. The van der Waals surface area contributed by atoms with Gasteiger partial charge in [0, 0.05) is 12.1 Å². The first-order chi connectivity index (χ1) is 7.19. The lowest BCUT2D eigenvalue weighted by Gasteiger charge is -2.33. The highest BCUT2D eigenvalue weighted by Crippen LogP contribution is 2.21. The van der Waals surface area contributed by atoms with E-state index in [4.69, 9.17) is 0 Å². The molecule has 0 aliphatic heterocycles. The van der Waals surface area contributed by atoms with Crippen molar-refractivity contribution in [1.82, 2.24) is 5.32 Å². The first kappa shape index (κ1) is 13.0. The summed E-state index contributed by atoms with van der Waals surface area (Å²) in [6.07, 6.45) is 6.93. The summed E-state index contributed by atoms with van der Waals surface area (Å²) in [7, 11) is 0. The van der Waals surface area contributed by atoms with E-state index in [1.54, 1.807) is 0 Å². The summed E-state index contributed by atoms with van der Waals surface area (Å²) in [4.78, 5) is 0. The van der Waals surface area contributed by atoms with Crippen LogP contribution in [0.25, 0.3) is 0 Å². The zero-order valence-corrected chi connectivity index (χ0v) is 10.5. The molecule has 2 N–H and O–H groups in total. The first-order valence-corrected chi connectivity index (χ1v) is 6.63. The number of hydrogen-bond donors (Lipinski definition) is 2. The van der Waals surface area contributed by atoms with Gasteiger partial charge in [-0.25, -0.2) is 0 Å². The molecule has 0 saturated heterocycles. The summed E-state index contributed by atoms with van der Waals surface area (Å²) in [5.74, 6) is 0.749. The van der Waals surface area contributed by atoms with Crippen LogP contribution in [0.4, 0.5) is 0 Å². The lowest BCUT2D eigenvalue weighted by atomic mass is 9.89. The predicted molar refractivity (Wildman–Crippen MR) is 64.9 cm³/mol. The highest BCUT2D eigenvalue weighted by molar-refractivity contribution is 4.84. The van der Waals surface area contributed by atoms with Gasteiger partial charge in [-0.1, -0.05) is 39.5 Å². The van der Waals surface area contributed by atoms with Gasteiger partial charge in [0.1, 0.15) is 0 Å². The lowest BCUT2D eigenvalue weighted by Crippen LogP contribution is -2.48. The molecule has 0 bridgehead atoms. The molecule has 1 fully saturated rings. The molecule has 1 rings (SSSR count). The molecule has 0 aromatic heterocycles. The SMILES string of the molecule is CCC(CC)C(C)N[C@H]1CCCC[C@@H]1O. The van der Waals surface area contributed by atoms with Gasteiger partial charge in [-0.15, -0.1) is 0 Å². The van der Waals surface area contributed by atoms with E-state index in [1.165, 1.54) is 25.7 Å². The van der Waals surface area contributed by atoms with Crippen molar-refractivity contribution in [1.29, 1.82) is 0 Å². The molecular formula is C13H27NO. The van der Waals surface area contributed by atoms with Crippen LogP contribution >= 0.6 is 0 Å². The molecule has 0 heterocycles. The van der Waals surface area contributed by atoms with Crippen molar-refractivity contribution in [3.63, 3.8) is 0 Å². The number of hydrogen-bond acceptors (Lipinski definition) is 2. The highest BCUT2D eigenvalue weighted by Gasteiger charge is 2.25. The molecule has 0 aromatic rings. The molecule has 0 aromatic carbocycles. The lowest BCUT2D eigenvalue weighted by molar-refractivity contribution is 0.0807. The minimum absolute atomic E-state index is 0.115. The van der Waals surface area contributed by atoms with Gasteiger partial charge in [-0.2, -0.15) is 0 Å². The Bertz CT molecular complexity index is 168. The van der Waals surface area contributed by atoms with E-state index in [2.05, 4.69) is 26.1 Å². The third-order valence-corrected chi connectivity index (χ3v) is 3.96. The van der Waals surface area contributed by atoms with Crippen LogP contribution in [-0.4, -0.2) is 23.3 Å². The zero-order valence-electron chi connectivity index (χ0n) is 10.5. The van der Waals surface area contributed by atoms with Crippen LogP contribution < -0.4 is 5.32 Å². The van der Waals surface area contributed by atoms with E-state index >= 15 is 0 Å². The maximum Gasteiger partial charge on any atom is 0.0693 e. The third-order valence-electron chi connectivity index (χ3n) is 3.96. The molecule has 2 heteroatoms. The van der Waals surface area contributed by atoms with Gasteiger partial charge in [-0.05, 0) is 25.7 Å². The normalized spacial score (nSPS) is 29.4. The summed E-state index contributed by atoms with van der Waals surface area (Å²) in [5.41, 5.74) is 0. The van der Waals surface area contributed by atoms with Gasteiger partial charge < -0.3 is 10.4 Å². The molecule has 0 amide bonds. The monoisotopic (exact) mass is 213 g/mol. The van der Waals surface area contributed by atoms with Gasteiger partial charge in [0.25, 0.3) is 0 Å². The predicted octanol–water partition coefficient (Wildman–Crippen LogP) is 2.70. The van der Waals surface area contributed by atoms with E-state index in [-0.39, 0.29) is 6.10 Å². The Morgan fingerprint density at radius 1 is 1.20 bits per heavy atom. The van der Waals surface area contributed by atoms with E-state index in [0.717, 1.165) is 18.8 Å². The topological polar surface area (TPSA) is 32.3 Å². The fraction of sp³-hybridized carbons (Fsp3) is 1.00. The summed E-state index contributed by atoms with van der Waals surface area (Å²) in [6.45, 7) is 6.77. The molecule has 1 aliphatic rings. The number of aliphatic hydroxyl groups is 1. The van der Waals surface area contributed by atoms with Crippen LogP contribution in [0.3, 0.4) is 0 Å². The molecule has 90 valence electrons. The Morgan fingerprint density at radius 2 is 1.80 bits per heavy atom. The molecule has 0 spiro atoms. The van der Waals surface area contributed by atoms with E-state index < -0.39 is 0 Å². The minimum Gasteiger partial charge on any atom is -0.392 e. The molecule has 1 aliphatic carbocycles. The molecular weight excluding hydrogens is 186 g/mol.